The van der Waals surface area contributed by atoms with Gasteiger partial charge in [-0.2, -0.15) is 0 Å². The molecule has 5 heteroatoms. The van der Waals surface area contributed by atoms with Crippen molar-refractivity contribution in [3.05, 3.63) is 0 Å². The van der Waals surface area contributed by atoms with Crippen LogP contribution in [0.4, 0.5) is 0 Å². The number of rotatable bonds is 10. The van der Waals surface area contributed by atoms with Crippen molar-refractivity contribution in [2.75, 3.05) is 33.8 Å². The highest BCUT2D eigenvalue weighted by molar-refractivity contribution is 5.75. The fraction of sp³-hybridized carbons (Fsp3) is 0.867. The van der Waals surface area contributed by atoms with Crippen LogP contribution in [0.15, 0.2) is 0 Å². The molecule has 0 aliphatic carbocycles. The average Bonchev–Trinajstić information content (AvgIpc) is 2.34. The lowest BCUT2D eigenvalue weighted by atomic mass is 9.91. The Labute approximate surface area is 122 Å². The molecule has 0 saturated carbocycles. The number of hydrogen-bond donors (Lipinski definition) is 1. The fourth-order valence-corrected chi connectivity index (χ4v) is 1.65. The molecule has 5 nitrogen and oxygen atoms in total. The summed E-state index contributed by atoms with van der Waals surface area (Å²) in [5.74, 6) is -0.892. The first-order valence-corrected chi connectivity index (χ1v) is 7.32. The lowest BCUT2D eigenvalue weighted by Gasteiger charge is -2.30. The molecular weight excluding hydrogens is 258 g/mol. The number of carbonyl (C=O) groups excluding carboxylic acids is 1. The Morgan fingerprint density at radius 2 is 1.75 bits per heavy atom. The van der Waals surface area contributed by atoms with Crippen molar-refractivity contribution >= 4 is 11.9 Å². The van der Waals surface area contributed by atoms with Gasteiger partial charge in [0.15, 0.2) is 0 Å². The van der Waals surface area contributed by atoms with Crippen molar-refractivity contribution in [2.45, 2.75) is 46.5 Å². The van der Waals surface area contributed by atoms with Crippen LogP contribution in [0.2, 0.25) is 0 Å². The zero-order chi connectivity index (χ0) is 15.8. The van der Waals surface area contributed by atoms with E-state index in [1.54, 1.807) is 0 Å². The van der Waals surface area contributed by atoms with Crippen molar-refractivity contribution in [3.8, 4) is 0 Å². The van der Waals surface area contributed by atoms with E-state index < -0.39 is 11.4 Å². The highest BCUT2D eigenvalue weighted by Gasteiger charge is 2.27. The van der Waals surface area contributed by atoms with E-state index in [0.717, 1.165) is 30.4 Å². The normalized spacial score (nSPS) is 12.2. The summed E-state index contributed by atoms with van der Waals surface area (Å²) in [4.78, 5) is 22.3. The van der Waals surface area contributed by atoms with E-state index in [-0.39, 0.29) is 12.4 Å². The number of esters is 1. The summed E-state index contributed by atoms with van der Waals surface area (Å²) in [6.45, 7) is 7.81. The lowest BCUT2D eigenvalue weighted by Crippen LogP contribution is -2.43. The second kappa shape index (κ2) is 8.25. The van der Waals surface area contributed by atoms with Gasteiger partial charge in [0.2, 0.25) is 0 Å². The smallest absolute Gasteiger partial charge is 0.311 e. The fourth-order valence-electron chi connectivity index (χ4n) is 1.65. The summed E-state index contributed by atoms with van der Waals surface area (Å²) in [5.41, 5.74) is -0.418. The zero-order valence-corrected chi connectivity index (χ0v) is 13.6. The van der Waals surface area contributed by atoms with Gasteiger partial charge in [-0.1, -0.05) is 6.92 Å². The average molecular weight is 288 g/mol. The van der Waals surface area contributed by atoms with Crippen LogP contribution in [0.25, 0.3) is 0 Å². The maximum Gasteiger partial charge on any atom is 0.311 e. The monoisotopic (exact) mass is 288 g/mol. The van der Waals surface area contributed by atoms with Crippen LogP contribution in [0.5, 0.6) is 0 Å². The minimum Gasteiger partial charge on any atom is -0.481 e. The number of ether oxygens (including phenoxy) is 1. The third kappa shape index (κ3) is 8.15. The Morgan fingerprint density at radius 3 is 2.25 bits per heavy atom. The van der Waals surface area contributed by atoms with Crippen LogP contribution in [0.3, 0.4) is 0 Å². The van der Waals surface area contributed by atoms with Gasteiger partial charge in [0, 0.05) is 6.42 Å². The lowest BCUT2D eigenvalue weighted by molar-refractivity contribution is -0.890. The molecule has 0 heterocycles. The molecule has 118 valence electrons. The number of quaternary nitrogens is 1. The van der Waals surface area contributed by atoms with Crippen LogP contribution in [0.1, 0.15) is 46.5 Å². The second-order valence-electron chi connectivity index (χ2n) is 6.61. The van der Waals surface area contributed by atoms with Gasteiger partial charge in [0.25, 0.3) is 0 Å². The van der Waals surface area contributed by atoms with E-state index in [2.05, 4.69) is 14.1 Å². The standard InChI is InChI=1S/C15H29NO4/c1-6-15(2,3)14(19)20-12-11-16(4,5)10-8-7-9-13(17)18/h6-12H2,1-5H3/p+1. The quantitative estimate of drug-likeness (QED) is 0.380. The Hall–Kier alpha value is -1.10. The number of unbranched alkanes of at least 4 members (excludes halogenated alkanes) is 1. The topological polar surface area (TPSA) is 63.6 Å². The van der Waals surface area contributed by atoms with E-state index in [0.29, 0.717) is 13.0 Å². The SMILES string of the molecule is CCC(C)(C)C(=O)OCC[N+](C)(C)CCCCC(=O)O. The summed E-state index contributed by atoms with van der Waals surface area (Å²) >= 11 is 0. The third-order valence-electron chi connectivity index (χ3n) is 3.77. The van der Waals surface area contributed by atoms with Gasteiger partial charge in [-0.05, 0) is 33.1 Å². The van der Waals surface area contributed by atoms with Crippen molar-refractivity contribution in [1.82, 2.24) is 0 Å². The highest BCUT2D eigenvalue weighted by Crippen LogP contribution is 2.21. The van der Waals surface area contributed by atoms with Gasteiger partial charge in [-0.25, -0.2) is 0 Å². The van der Waals surface area contributed by atoms with Crippen molar-refractivity contribution in [2.24, 2.45) is 5.41 Å². The molecule has 0 atom stereocenters. The maximum atomic E-state index is 11.8. The maximum absolute atomic E-state index is 11.8. The number of nitrogens with zero attached hydrogens (tertiary/aromatic N) is 1. The van der Waals surface area contributed by atoms with Gasteiger partial charge in [-0.15, -0.1) is 0 Å². The van der Waals surface area contributed by atoms with Crippen LogP contribution >= 0.6 is 0 Å². The number of carboxylic acid groups (broad SMARTS) is 1. The van der Waals surface area contributed by atoms with Gasteiger partial charge in [-0.3, -0.25) is 9.59 Å². The van der Waals surface area contributed by atoms with Gasteiger partial charge in [0.05, 0.1) is 26.1 Å². The Morgan fingerprint density at radius 1 is 1.15 bits per heavy atom. The summed E-state index contributed by atoms with van der Waals surface area (Å²) in [6, 6.07) is 0. The molecule has 0 aliphatic rings. The molecule has 0 aromatic heterocycles. The first-order chi connectivity index (χ1) is 9.10. The summed E-state index contributed by atoms with van der Waals surface area (Å²) < 4.78 is 6.06. The molecular formula is C15H30NO4+. The molecule has 20 heavy (non-hydrogen) atoms. The molecule has 0 fully saturated rings. The van der Waals surface area contributed by atoms with Crippen molar-refractivity contribution in [3.63, 3.8) is 0 Å². The Kier molecular flexibility index (Phi) is 7.79. The van der Waals surface area contributed by atoms with Crippen molar-refractivity contribution in [1.29, 1.82) is 0 Å². The van der Waals surface area contributed by atoms with Gasteiger partial charge < -0.3 is 14.3 Å². The second-order valence-corrected chi connectivity index (χ2v) is 6.61. The molecule has 0 aromatic rings. The van der Waals surface area contributed by atoms with Gasteiger partial charge >= 0.3 is 11.9 Å². The summed E-state index contributed by atoms with van der Waals surface area (Å²) in [5, 5.41) is 8.58. The van der Waals surface area contributed by atoms with Gasteiger partial charge in [0.1, 0.15) is 13.2 Å². The summed E-state index contributed by atoms with van der Waals surface area (Å²) in [7, 11) is 4.14. The van der Waals surface area contributed by atoms with E-state index in [4.69, 9.17) is 9.84 Å². The summed E-state index contributed by atoms with van der Waals surface area (Å²) in [6.07, 6.45) is 2.55. The predicted octanol–water partition coefficient (Wildman–Crippen LogP) is 2.30. The number of aliphatic carboxylic acids is 1. The van der Waals surface area contributed by atoms with Crippen LogP contribution in [-0.2, 0) is 14.3 Å². The highest BCUT2D eigenvalue weighted by atomic mass is 16.5. The number of carbonyl (C=O) groups is 2. The van der Waals surface area contributed by atoms with Crippen LogP contribution < -0.4 is 0 Å². The largest absolute Gasteiger partial charge is 0.481 e. The molecule has 0 aromatic carbocycles. The molecule has 0 unspecified atom stereocenters. The Balaban J connectivity index is 3.93. The van der Waals surface area contributed by atoms with E-state index in [9.17, 15) is 9.59 Å². The van der Waals surface area contributed by atoms with Crippen LogP contribution in [0, 0.1) is 5.41 Å². The number of hydrogen-bond acceptors (Lipinski definition) is 3. The predicted molar refractivity (Wildman–Crippen MR) is 78.4 cm³/mol. The zero-order valence-electron chi connectivity index (χ0n) is 13.6. The van der Waals surface area contributed by atoms with E-state index in [1.165, 1.54) is 0 Å². The first kappa shape index (κ1) is 18.9. The first-order valence-electron chi connectivity index (χ1n) is 7.32. The molecule has 0 rings (SSSR count). The minimum absolute atomic E-state index is 0.147. The molecule has 0 aliphatic heterocycles. The number of carboxylic acids is 1. The Bertz CT molecular complexity index is 324. The van der Waals surface area contributed by atoms with E-state index in [1.807, 2.05) is 20.8 Å². The minimum atomic E-state index is -0.744. The third-order valence-corrected chi connectivity index (χ3v) is 3.77. The molecule has 0 radical (unpaired) electrons. The molecule has 0 amide bonds. The molecule has 0 bridgehead atoms. The number of likely N-dealkylation sites (N-methyl/N-ethyl adjacent to an activating group) is 1. The molecule has 0 saturated heterocycles. The molecule has 0 spiro atoms. The van der Waals surface area contributed by atoms with Crippen LogP contribution in [-0.4, -0.2) is 55.3 Å². The molecule has 1 N–H and O–H groups in total. The van der Waals surface area contributed by atoms with E-state index >= 15 is 0 Å². The van der Waals surface area contributed by atoms with Crippen molar-refractivity contribution < 1.29 is 23.9 Å².